The molecule has 0 saturated heterocycles. The highest BCUT2D eigenvalue weighted by molar-refractivity contribution is 7.15. The van der Waals surface area contributed by atoms with Crippen LogP contribution in [0.15, 0.2) is 16.5 Å². The number of nitrogens with zero attached hydrogens (tertiary/aromatic N) is 2. The van der Waals surface area contributed by atoms with E-state index in [1.165, 1.54) is 11.3 Å². The fourth-order valence-corrected chi connectivity index (χ4v) is 2.14. The van der Waals surface area contributed by atoms with Gasteiger partial charge in [0.15, 0.2) is 5.76 Å². The molecule has 0 aliphatic heterocycles. The van der Waals surface area contributed by atoms with E-state index in [1.54, 1.807) is 19.2 Å². The Balaban J connectivity index is 2.02. The number of carbonyl (C=O) groups is 1. The molecule has 2 heterocycles. The van der Waals surface area contributed by atoms with Crippen molar-refractivity contribution in [3.8, 4) is 0 Å². The summed E-state index contributed by atoms with van der Waals surface area (Å²) in [5.74, 6) is 0.787. The molecule has 2 aromatic heterocycles. The van der Waals surface area contributed by atoms with Gasteiger partial charge in [0, 0.05) is 13.0 Å². The summed E-state index contributed by atoms with van der Waals surface area (Å²) in [7, 11) is 1.57. The average Bonchev–Trinajstić information content (AvgIpc) is 2.98. The number of rotatable bonds is 5. The normalized spacial score (nSPS) is 10.9. The van der Waals surface area contributed by atoms with Crippen LogP contribution in [0.3, 0.4) is 0 Å². The molecule has 0 aliphatic rings. The predicted octanol–water partition coefficient (Wildman–Crippen LogP) is 2.65. The van der Waals surface area contributed by atoms with E-state index in [9.17, 15) is 4.79 Å². The SMILES string of the molecule is COCc1ccc(C(=O)Nc2nnc(C(C)C)s2)o1. The van der Waals surface area contributed by atoms with Crippen LogP contribution in [-0.2, 0) is 11.3 Å². The minimum atomic E-state index is -0.339. The lowest BCUT2D eigenvalue weighted by atomic mass is 10.2. The van der Waals surface area contributed by atoms with Gasteiger partial charge in [-0.3, -0.25) is 10.1 Å². The maximum Gasteiger partial charge on any atom is 0.293 e. The highest BCUT2D eigenvalue weighted by Crippen LogP contribution is 2.23. The smallest absolute Gasteiger partial charge is 0.293 e. The molecule has 0 unspecified atom stereocenters. The summed E-state index contributed by atoms with van der Waals surface area (Å²) in [5, 5.41) is 11.9. The third kappa shape index (κ3) is 3.39. The van der Waals surface area contributed by atoms with Gasteiger partial charge in [-0.1, -0.05) is 25.2 Å². The minimum absolute atomic E-state index is 0.230. The fourth-order valence-electron chi connectivity index (χ4n) is 1.40. The van der Waals surface area contributed by atoms with Crippen LogP contribution in [0, 0.1) is 0 Å². The first-order valence-electron chi connectivity index (χ1n) is 5.82. The number of furan rings is 1. The highest BCUT2D eigenvalue weighted by atomic mass is 32.1. The van der Waals surface area contributed by atoms with E-state index in [2.05, 4.69) is 15.5 Å². The zero-order valence-corrected chi connectivity index (χ0v) is 11.8. The fraction of sp³-hybridized carbons (Fsp3) is 0.417. The van der Waals surface area contributed by atoms with Crippen LogP contribution >= 0.6 is 11.3 Å². The summed E-state index contributed by atoms with van der Waals surface area (Å²) >= 11 is 1.36. The van der Waals surface area contributed by atoms with Crippen molar-refractivity contribution in [2.45, 2.75) is 26.4 Å². The first-order chi connectivity index (χ1) is 9.10. The van der Waals surface area contributed by atoms with E-state index in [0.717, 1.165) is 5.01 Å². The molecular weight excluding hydrogens is 266 g/mol. The molecule has 7 heteroatoms. The van der Waals surface area contributed by atoms with E-state index < -0.39 is 0 Å². The predicted molar refractivity (Wildman–Crippen MR) is 71.4 cm³/mol. The topological polar surface area (TPSA) is 77.2 Å². The molecule has 6 nitrogen and oxygen atoms in total. The first-order valence-corrected chi connectivity index (χ1v) is 6.64. The Morgan fingerprint density at radius 2 is 2.26 bits per heavy atom. The van der Waals surface area contributed by atoms with Crippen LogP contribution in [0.2, 0.25) is 0 Å². The van der Waals surface area contributed by atoms with Gasteiger partial charge in [0.05, 0.1) is 0 Å². The van der Waals surface area contributed by atoms with Crippen LogP contribution in [0.5, 0.6) is 0 Å². The average molecular weight is 281 g/mol. The third-order valence-electron chi connectivity index (χ3n) is 2.33. The summed E-state index contributed by atoms with van der Waals surface area (Å²) in [4.78, 5) is 11.9. The maximum absolute atomic E-state index is 11.9. The summed E-state index contributed by atoms with van der Waals surface area (Å²) in [6.45, 7) is 4.38. The van der Waals surface area contributed by atoms with Gasteiger partial charge in [-0.05, 0) is 12.1 Å². The number of nitrogens with one attached hydrogen (secondary N) is 1. The van der Waals surface area contributed by atoms with E-state index in [1.807, 2.05) is 13.8 Å². The second kappa shape index (κ2) is 5.94. The van der Waals surface area contributed by atoms with E-state index >= 15 is 0 Å². The zero-order valence-electron chi connectivity index (χ0n) is 11.0. The molecule has 0 radical (unpaired) electrons. The Morgan fingerprint density at radius 3 is 2.89 bits per heavy atom. The van der Waals surface area contributed by atoms with Crippen molar-refractivity contribution in [3.63, 3.8) is 0 Å². The molecular formula is C12H15N3O3S. The third-order valence-corrected chi connectivity index (χ3v) is 3.47. The standard InChI is InChI=1S/C12H15N3O3S/c1-7(2)11-14-15-12(19-11)13-10(16)9-5-4-8(18-9)6-17-3/h4-5,7H,6H2,1-3H3,(H,13,15,16). The van der Waals surface area contributed by atoms with Crippen molar-refractivity contribution in [1.82, 2.24) is 10.2 Å². The summed E-state index contributed by atoms with van der Waals surface area (Å²) in [6.07, 6.45) is 0. The van der Waals surface area contributed by atoms with Gasteiger partial charge in [-0.2, -0.15) is 0 Å². The zero-order chi connectivity index (χ0) is 13.8. The van der Waals surface area contributed by atoms with E-state index in [0.29, 0.717) is 23.4 Å². The molecule has 0 spiro atoms. The van der Waals surface area contributed by atoms with Crippen molar-refractivity contribution in [2.75, 3.05) is 12.4 Å². The number of carbonyl (C=O) groups excluding carboxylic acids is 1. The molecule has 0 fully saturated rings. The van der Waals surface area contributed by atoms with Gasteiger partial charge in [-0.25, -0.2) is 0 Å². The quantitative estimate of drug-likeness (QED) is 0.911. The molecule has 19 heavy (non-hydrogen) atoms. The second-order valence-electron chi connectivity index (χ2n) is 4.25. The molecule has 2 rings (SSSR count). The van der Waals surface area contributed by atoms with Gasteiger partial charge < -0.3 is 9.15 Å². The Labute approximate surface area is 114 Å². The van der Waals surface area contributed by atoms with Crippen LogP contribution < -0.4 is 5.32 Å². The molecule has 2 aromatic rings. The van der Waals surface area contributed by atoms with Crippen molar-refractivity contribution in [2.24, 2.45) is 0 Å². The number of anilines is 1. The molecule has 1 N–H and O–H groups in total. The van der Waals surface area contributed by atoms with Gasteiger partial charge >= 0.3 is 0 Å². The van der Waals surface area contributed by atoms with E-state index in [4.69, 9.17) is 9.15 Å². The number of methoxy groups -OCH3 is 1. The van der Waals surface area contributed by atoms with Crippen molar-refractivity contribution < 1.29 is 13.9 Å². The lowest BCUT2D eigenvalue weighted by Gasteiger charge is -1.97. The lowest BCUT2D eigenvalue weighted by Crippen LogP contribution is -2.10. The molecule has 0 saturated carbocycles. The largest absolute Gasteiger partial charge is 0.453 e. The monoisotopic (exact) mass is 281 g/mol. The number of amides is 1. The summed E-state index contributed by atoms with van der Waals surface area (Å²) < 4.78 is 10.3. The molecule has 0 aliphatic carbocycles. The Bertz CT molecular complexity index is 562. The van der Waals surface area contributed by atoms with Crippen LogP contribution in [-0.4, -0.2) is 23.2 Å². The first kappa shape index (κ1) is 13.7. The van der Waals surface area contributed by atoms with Crippen molar-refractivity contribution in [1.29, 1.82) is 0 Å². The Morgan fingerprint density at radius 1 is 1.47 bits per heavy atom. The minimum Gasteiger partial charge on any atom is -0.453 e. The Kier molecular flexibility index (Phi) is 4.28. The maximum atomic E-state index is 11.9. The Hall–Kier alpha value is -1.73. The van der Waals surface area contributed by atoms with Gasteiger partial charge in [0.1, 0.15) is 17.4 Å². The molecule has 0 atom stereocenters. The van der Waals surface area contributed by atoms with Crippen molar-refractivity contribution >= 4 is 22.4 Å². The lowest BCUT2D eigenvalue weighted by molar-refractivity contribution is 0.0987. The van der Waals surface area contributed by atoms with E-state index in [-0.39, 0.29) is 11.7 Å². The summed E-state index contributed by atoms with van der Waals surface area (Å²) in [6, 6.07) is 3.31. The summed E-state index contributed by atoms with van der Waals surface area (Å²) in [5.41, 5.74) is 0. The highest BCUT2D eigenvalue weighted by Gasteiger charge is 2.14. The number of hydrogen-bond donors (Lipinski definition) is 1. The van der Waals surface area contributed by atoms with Gasteiger partial charge in [0.25, 0.3) is 5.91 Å². The molecule has 102 valence electrons. The number of aromatic nitrogens is 2. The van der Waals surface area contributed by atoms with Gasteiger partial charge in [-0.15, -0.1) is 10.2 Å². The van der Waals surface area contributed by atoms with Crippen molar-refractivity contribution in [3.05, 3.63) is 28.7 Å². The van der Waals surface area contributed by atoms with Crippen LogP contribution in [0.25, 0.3) is 0 Å². The van der Waals surface area contributed by atoms with Crippen LogP contribution in [0.4, 0.5) is 5.13 Å². The van der Waals surface area contributed by atoms with Crippen LogP contribution in [0.1, 0.15) is 41.1 Å². The number of ether oxygens (including phenoxy) is 1. The second-order valence-corrected chi connectivity index (χ2v) is 5.26. The molecule has 1 amide bonds. The van der Waals surface area contributed by atoms with Gasteiger partial charge in [0.2, 0.25) is 5.13 Å². The molecule has 0 aromatic carbocycles. The number of hydrogen-bond acceptors (Lipinski definition) is 6. The molecule has 0 bridgehead atoms.